The molecule has 0 saturated carbocycles. The Bertz CT molecular complexity index is 1310. The van der Waals surface area contributed by atoms with E-state index in [1.165, 1.54) is 5.71 Å². The summed E-state index contributed by atoms with van der Waals surface area (Å²) in [6.45, 7) is 11.9. The molecule has 1 heterocycles. The van der Waals surface area contributed by atoms with E-state index in [9.17, 15) is 0 Å². The van der Waals surface area contributed by atoms with Crippen LogP contribution in [0.25, 0.3) is 11.3 Å². The van der Waals surface area contributed by atoms with Crippen molar-refractivity contribution >= 4 is 17.0 Å². The molecule has 4 nitrogen and oxygen atoms in total. The van der Waals surface area contributed by atoms with E-state index in [0.29, 0.717) is 13.2 Å². The van der Waals surface area contributed by atoms with Crippen LogP contribution in [-0.2, 0) is 4.74 Å². The van der Waals surface area contributed by atoms with Gasteiger partial charge in [-0.25, -0.2) is 4.58 Å². The van der Waals surface area contributed by atoms with Gasteiger partial charge < -0.3 is 14.2 Å². The second-order valence-corrected chi connectivity index (χ2v) is 9.44. The molecule has 2 aromatic rings. The lowest BCUT2D eigenvalue weighted by Gasteiger charge is -2.19. The average Bonchev–Trinajstić information content (AvgIpc) is 2.97. The fourth-order valence-corrected chi connectivity index (χ4v) is 4.59. The first-order valence-electron chi connectivity index (χ1n) is 14.1. The molecule has 0 amide bonds. The number of rotatable bonds is 11. The molecule has 0 atom stereocenters. The number of ether oxygens (including phenoxy) is 3. The molecule has 0 spiro atoms. The zero-order chi connectivity index (χ0) is 27.5. The number of nitrogens with zero attached hydrogens (tertiary/aromatic N) is 1. The van der Waals surface area contributed by atoms with Crippen molar-refractivity contribution in [3.8, 4) is 11.5 Å². The van der Waals surface area contributed by atoms with Gasteiger partial charge in [-0.05, 0) is 97.3 Å². The highest BCUT2D eigenvalue weighted by Crippen LogP contribution is 2.33. The molecule has 0 bridgehead atoms. The van der Waals surface area contributed by atoms with Gasteiger partial charge in [0.25, 0.3) is 0 Å². The summed E-state index contributed by atoms with van der Waals surface area (Å²) < 4.78 is 20.1. The minimum absolute atomic E-state index is 0.641. The molecule has 1 aliphatic carbocycles. The highest BCUT2D eigenvalue weighted by molar-refractivity contribution is 6.02. The topological polar surface area (TPSA) is 30.7 Å². The zero-order valence-corrected chi connectivity index (χ0v) is 23.7. The lowest BCUT2D eigenvalue weighted by molar-refractivity contribution is -0.526. The SMILES string of the molecule is CCC[N+](CCC)=C1C=CC(=CC=C2C=C(c3ccc(OCC)cc3)C=C(c3ccc(OCC)cc3)O2)C=C1. The Balaban J connectivity index is 1.63. The van der Waals surface area contributed by atoms with Crippen molar-refractivity contribution in [3.05, 3.63) is 120 Å². The predicted octanol–water partition coefficient (Wildman–Crippen LogP) is 8.15. The molecule has 0 saturated heterocycles. The molecule has 0 unspecified atom stereocenters. The van der Waals surface area contributed by atoms with E-state index in [0.717, 1.165) is 71.2 Å². The van der Waals surface area contributed by atoms with Crippen molar-refractivity contribution < 1.29 is 18.8 Å². The smallest absolute Gasteiger partial charge is 0.199 e. The van der Waals surface area contributed by atoms with Crippen LogP contribution in [0.4, 0.5) is 0 Å². The number of hydrogen-bond acceptors (Lipinski definition) is 3. The number of allylic oxidation sites excluding steroid dienone is 10. The summed E-state index contributed by atoms with van der Waals surface area (Å²) in [7, 11) is 0. The van der Waals surface area contributed by atoms with Gasteiger partial charge in [-0.2, -0.15) is 0 Å². The second kappa shape index (κ2) is 14.2. The van der Waals surface area contributed by atoms with Crippen LogP contribution in [0.1, 0.15) is 51.7 Å². The van der Waals surface area contributed by atoms with Gasteiger partial charge >= 0.3 is 0 Å². The highest BCUT2D eigenvalue weighted by atomic mass is 16.5. The Morgan fingerprint density at radius 3 is 1.77 bits per heavy atom. The van der Waals surface area contributed by atoms with Crippen molar-refractivity contribution in [2.75, 3.05) is 26.3 Å². The van der Waals surface area contributed by atoms with E-state index in [4.69, 9.17) is 14.2 Å². The van der Waals surface area contributed by atoms with Gasteiger partial charge in [0.2, 0.25) is 0 Å². The molecule has 0 fully saturated rings. The van der Waals surface area contributed by atoms with Crippen LogP contribution < -0.4 is 9.47 Å². The summed E-state index contributed by atoms with van der Waals surface area (Å²) in [6, 6.07) is 16.2. The Labute approximate surface area is 233 Å². The average molecular weight is 523 g/mol. The summed E-state index contributed by atoms with van der Waals surface area (Å²) in [5.74, 6) is 3.31. The van der Waals surface area contributed by atoms with Gasteiger partial charge in [0, 0.05) is 30.6 Å². The minimum atomic E-state index is 0.641. The first kappa shape index (κ1) is 28.0. The summed E-state index contributed by atoms with van der Waals surface area (Å²) >= 11 is 0. The lowest BCUT2D eigenvalue weighted by Crippen LogP contribution is -2.21. The number of hydrogen-bond donors (Lipinski definition) is 0. The van der Waals surface area contributed by atoms with E-state index in [-0.39, 0.29) is 0 Å². The lowest BCUT2D eigenvalue weighted by atomic mass is 10.00. The van der Waals surface area contributed by atoms with Gasteiger partial charge in [0.1, 0.15) is 36.1 Å². The highest BCUT2D eigenvalue weighted by Gasteiger charge is 2.15. The third-order valence-corrected chi connectivity index (χ3v) is 6.45. The fourth-order valence-electron chi connectivity index (χ4n) is 4.59. The Morgan fingerprint density at radius 2 is 1.23 bits per heavy atom. The van der Waals surface area contributed by atoms with Crippen molar-refractivity contribution in [2.24, 2.45) is 0 Å². The molecular formula is C35H40NO3+. The summed E-state index contributed by atoms with van der Waals surface area (Å²) in [5.41, 5.74) is 5.59. The van der Waals surface area contributed by atoms with Crippen LogP contribution in [0.2, 0.25) is 0 Å². The van der Waals surface area contributed by atoms with E-state index in [2.05, 4.69) is 73.1 Å². The van der Waals surface area contributed by atoms with Crippen LogP contribution in [0, 0.1) is 0 Å². The molecule has 2 aliphatic rings. The van der Waals surface area contributed by atoms with Gasteiger partial charge in [0.15, 0.2) is 5.71 Å². The van der Waals surface area contributed by atoms with E-state index < -0.39 is 0 Å². The van der Waals surface area contributed by atoms with Gasteiger partial charge in [0.05, 0.1) is 13.2 Å². The molecule has 4 rings (SSSR count). The van der Waals surface area contributed by atoms with Crippen molar-refractivity contribution in [1.82, 2.24) is 0 Å². The quantitative estimate of drug-likeness (QED) is 0.279. The Morgan fingerprint density at radius 1 is 0.667 bits per heavy atom. The summed E-state index contributed by atoms with van der Waals surface area (Å²) in [5, 5.41) is 0. The van der Waals surface area contributed by atoms with Gasteiger partial charge in [-0.1, -0.05) is 32.1 Å². The van der Waals surface area contributed by atoms with E-state index in [1.54, 1.807) is 0 Å². The molecule has 2 aromatic carbocycles. The van der Waals surface area contributed by atoms with Crippen LogP contribution in [0.15, 0.2) is 108 Å². The minimum Gasteiger partial charge on any atom is -0.494 e. The molecule has 0 N–H and O–H groups in total. The maximum absolute atomic E-state index is 6.37. The number of benzene rings is 2. The fraction of sp³-hybridized carbons (Fsp3) is 0.286. The van der Waals surface area contributed by atoms with Crippen LogP contribution in [0.5, 0.6) is 11.5 Å². The molecule has 39 heavy (non-hydrogen) atoms. The van der Waals surface area contributed by atoms with Crippen LogP contribution in [-0.4, -0.2) is 36.6 Å². The Hall–Kier alpha value is -4.05. The second-order valence-electron chi connectivity index (χ2n) is 9.44. The van der Waals surface area contributed by atoms with Crippen molar-refractivity contribution in [3.63, 3.8) is 0 Å². The third-order valence-electron chi connectivity index (χ3n) is 6.45. The van der Waals surface area contributed by atoms with Gasteiger partial charge in [-0.3, -0.25) is 0 Å². The monoisotopic (exact) mass is 522 g/mol. The molecule has 4 heteroatoms. The summed E-state index contributed by atoms with van der Waals surface area (Å²) in [4.78, 5) is 0. The molecule has 1 aliphatic heterocycles. The third kappa shape index (κ3) is 7.73. The molecule has 202 valence electrons. The first-order chi connectivity index (χ1) is 19.1. The predicted molar refractivity (Wildman–Crippen MR) is 162 cm³/mol. The van der Waals surface area contributed by atoms with E-state index >= 15 is 0 Å². The first-order valence-corrected chi connectivity index (χ1v) is 14.1. The van der Waals surface area contributed by atoms with E-state index in [1.807, 2.05) is 56.3 Å². The maximum atomic E-state index is 6.37. The molecule has 0 aromatic heterocycles. The zero-order valence-electron chi connectivity index (χ0n) is 23.7. The Kier molecular flexibility index (Phi) is 10.2. The molecule has 0 radical (unpaired) electrons. The van der Waals surface area contributed by atoms with Crippen LogP contribution >= 0.6 is 0 Å². The van der Waals surface area contributed by atoms with Gasteiger partial charge in [-0.15, -0.1) is 0 Å². The largest absolute Gasteiger partial charge is 0.494 e. The summed E-state index contributed by atoms with van der Waals surface area (Å²) in [6.07, 6.45) is 19.4. The molecular weight excluding hydrogens is 482 g/mol. The normalized spacial score (nSPS) is 15.5. The maximum Gasteiger partial charge on any atom is 0.199 e. The van der Waals surface area contributed by atoms with Crippen molar-refractivity contribution in [2.45, 2.75) is 40.5 Å². The van der Waals surface area contributed by atoms with Crippen molar-refractivity contribution in [1.29, 1.82) is 0 Å². The standard InChI is InChI=1S/C35H40NO3/c1-5-23-36(24-6-2)31-16-9-27(10-17-31)11-18-34-25-30(28-12-19-32(20-13-28)37-7-3)26-35(39-34)29-14-21-33(22-15-29)38-8-4/h9-22,25-26H,5-8,23-24H2,1-4H3/q+1. The van der Waals surface area contributed by atoms with Crippen LogP contribution in [0.3, 0.4) is 0 Å².